The highest BCUT2D eigenvalue weighted by molar-refractivity contribution is 7.84. The topological polar surface area (TPSA) is 95.5 Å². The van der Waals surface area contributed by atoms with E-state index in [4.69, 9.17) is 5.11 Å². The van der Waals surface area contributed by atoms with Crippen LogP contribution in [-0.4, -0.2) is 45.4 Å². The normalized spacial score (nSPS) is 15.5. The van der Waals surface area contributed by atoms with Crippen molar-refractivity contribution in [3.8, 4) is 0 Å². The SMILES string of the molecule is CCCC(CC(=O)O)NC(=O)NCC(C)S(C)=O. The molecule has 0 aromatic rings. The number of hydrogen-bond donors (Lipinski definition) is 3. The summed E-state index contributed by atoms with van der Waals surface area (Å²) in [5.74, 6) is -0.934. The van der Waals surface area contributed by atoms with E-state index in [1.54, 1.807) is 13.2 Å². The second kappa shape index (κ2) is 8.91. The van der Waals surface area contributed by atoms with Crippen molar-refractivity contribution in [3.05, 3.63) is 0 Å². The molecule has 2 amide bonds. The molecule has 6 nitrogen and oxygen atoms in total. The third-order valence-corrected chi connectivity index (χ3v) is 3.81. The number of rotatable bonds is 8. The second-order valence-electron chi connectivity index (χ2n) is 4.25. The van der Waals surface area contributed by atoms with E-state index in [0.29, 0.717) is 13.0 Å². The van der Waals surface area contributed by atoms with E-state index in [1.807, 2.05) is 6.92 Å². The van der Waals surface area contributed by atoms with Gasteiger partial charge in [-0.1, -0.05) is 13.3 Å². The van der Waals surface area contributed by atoms with Crippen molar-refractivity contribution in [2.75, 3.05) is 12.8 Å². The molecule has 0 rings (SSSR count). The summed E-state index contributed by atoms with van der Waals surface area (Å²) < 4.78 is 11.1. The zero-order valence-electron chi connectivity index (χ0n) is 11.1. The third kappa shape index (κ3) is 8.05. The maximum atomic E-state index is 11.5. The van der Waals surface area contributed by atoms with E-state index in [9.17, 15) is 13.8 Å². The Kier molecular flexibility index (Phi) is 8.36. The minimum Gasteiger partial charge on any atom is -0.481 e. The molecule has 0 radical (unpaired) electrons. The van der Waals surface area contributed by atoms with Gasteiger partial charge in [0, 0.05) is 34.9 Å². The smallest absolute Gasteiger partial charge is 0.315 e. The Morgan fingerprint density at radius 3 is 2.44 bits per heavy atom. The molecular formula is C11H22N2O4S. The molecule has 0 aromatic carbocycles. The first-order valence-electron chi connectivity index (χ1n) is 5.95. The van der Waals surface area contributed by atoms with Crippen molar-refractivity contribution in [1.82, 2.24) is 10.6 Å². The van der Waals surface area contributed by atoms with Crippen LogP contribution in [0.5, 0.6) is 0 Å². The average molecular weight is 278 g/mol. The van der Waals surface area contributed by atoms with E-state index < -0.39 is 22.8 Å². The van der Waals surface area contributed by atoms with Crippen LogP contribution < -0.4 is 10.6 Å². The predicted octanol–water partition coefficient (Wildman–Crippen LogP) is 0.696. The van der Waals surface area contributed by atoms with E-state index in [2.05, 4.69) is 10.6 Å². The summed E-state index contributed by atoms with van der Waals surface area (Å²) in [4.78, 5) is 22.1. The van der Waals surface area contributed by atoms with Crippen molar-refractivity contribution in [2.24, 2.45) is 0 Å². The third-order valence-electron chi connectivity index (χ3n) is 2.51. The number of nitrogens with one attached hydrogen (secondary N) is 2. The highest BCUT2D eigenvalue weighted by atomic mass is 32.2. The number of amides is 2. The van der Waals surface area contributed by atoms with Crippen LogP contribution in [-0.2, 0) is 15.6 Å². The molecule has 106 valence electrons. The Labute approximate surface area is 110 Å². The predicted molar refractivity (Wildman–Crippen MR) is 71.0 cm³/mol. The molecule has 0 bridgehead atoms. The Morgan fingerprint density at radius 2 is 2.00 bits per heavy atom. The van der Waals surface area contributed by atoms with Crippen molar-refractivity contribution in [2.45, 2.75) is 44.4 Å². The molecule has 0 aromatic heterocycles. The van der Waals surface area contributed by atoms with Gasteiger partial charge in [-0.05, 0) is 13.3 Å². The highest BCUT2D eigenvalue weighted by Gasteiger charge is 2.15. The second-order valence-corrected chi connectivity index (χ2v) is 6.05. The van der Waals surface area contributed by atoms with Crippen LogP contribution in [0, 0.1) is 0 Å². The lowest BCUT2D eigenvalue weighted by Gasteiger charge is -2.17. The van der Waals surface area contributed by atoms with Gasteiger partial charge in [0.25, 0.3) is 0 Å². The minimum atomic E-state index is -0.989. The van der Waals surface area contributed by atoms with Crippen LogP contribution >= 0.6 is 0 Å². The van der Waals surface area contributed by atoms with Crippen LogP contribution in [0.15, 0.2) is 0 Å². The molecule has 3 atom stereocenters. The Hall–Kier alpha value is -1.11. The lowest BCUT2D eigenvalue weighted by Crippen LogP contribution is -2.45. The molecule has 0 fully saturated rings. The number of aliphatic carboxylic acids is 1. The number of carbonyl (C=O) groups excluding carboxylic acids is 1. The fraction of sp³-hybridized carbons (Fsp3) is 0.818. The first-order chi connectivity index (χ1) is 8.36. The Morgan fingerprint density at radius 1 is 1.39 bits per heavy atom. The fourth-order valence-corrected chi connectivity index (χ4v) is 1.69. The summed E-state index contributed by atoms with van der Waals surface area (Å²) in [6, 6.07) is -0.776. The number of hydrogen-bond acceptors (Lipinski definition) is 3. The molecule has 0 saturated heterocycles. The summed E-state index contributed by atoms with van der Waals surface area (Å²) >= 11 is 0. The summed E-state index contributed by atoms with van der Waals surface area (Å²) in [7, 11) is -0.989. The van der Waals surface area contributed by atoms with Gasteiger partial charge < -0.3 is 15.7 Å². The number of urea groups is 1. The minimum absolute atomic E-state index is 0.0868. The summed E-state index contributed by atoms with van der Waals surface area (Å²) in [5.41, 5.74) is 0. The van der Waals surface area contributed by atoms with Gasteiger partial charge in [0.2, 0.25) is 0 Å². The van der Waals surface area contributed by atoms with E-state index in [-0.39, 0.29) is 17.7 Å². The largest absolute Gasteiger partial charge is 0.481 e. The van der Waals surface area contributed by atoms with Crippen LogP contribution in [0.4, 0.5) is 4.79 Å². The maximum absolute atomic E-state index is 11.5. The van der Waals surface area contributed by atoms with Gasteiger partial charge in [-0.2, -0.15) is 0 Å². The van der Waals surface area contributed by atoms with Gasteiger partial charge in [-0.3, -0.25) is 9.00 Å². The number of carbonyl (C=O) groups is 2. The molecule has 18 heavy (non-hydrogen) atoms. The number of carboxylic acid groups (broad SMARTS) is 1. The zero-order chi connectivity index (χ0) is 14.1. The average Bonchev–Trinajstić information content (AvgIpc) is 2.25. The van der Waals surface area contributed by atoms with Crippen LogP contribution in [0.1, 0.15) is 33.1 Å². The van der Waals surface area contributed by atoms with Gasteiger partial charge in [0.1, 0.15) is 0 Å². The van der Waals surface area contributed by atoms with Crippen molar-refractivity contribution in [1.29, 1.82) is 0 Å². The molecule has 0 heterocycles. The van der Waals surface area contributed by atoms with Crippen molar-refractivity contribution < 1.29 is 18.9 Å². The van der Waals surface area contributed by atoms with E-state index in [1.165, 1.54) is 0 Å². The van der Waals surface area contributed by atoms with Crippen LogP contribution in [0.25, 0.3) is 0 Å². The molecular weight excluding hydrogens is 256 g/mol. The van der Waals surface area contributed by atoms with Crippen LogP contribution in [0.3, 0.4) is 0 Å². The Balaban J connectivity index is 4.09. The highest BCUT2D eigenvalue weighted by Crippen LogP contribution is 2.01. The molecule has 0 aliphatic carbocycles. The van der Waals surface area contributed by atoms with Gasteiger partial charge in [0.15, 0.2) is 0 Å². The quantitative estimate of drug-likeness (QED) is 0.609. The molecule has 0 spiro atoms. The van der Waals surface area contributed by atoms with Gasteiger partial charge >= 0.3 is 12.0 Å². The number of carboxylic acids is 1. The molecule has 0 aliphatic rings. The first-order valence-corrected chi connectivity index (χ1v) is 7.57. The van der Waals surface area contributed by atoms with Gasteiger partial charge in [-0.15, -0.1) is 0 Å². The van der Waals surface area contributed by atoms with E-state index >= 15 is 0 Å². The fourth-order valence-electron chi connectivity index (χ4n) is 1.37. The summed E-state index contributed by atoms with van der Waals surface area (Å²) in [6.45, 7) is 4.01. The molecule has 3 N–H and O–H groups in total. The summed E-state index contributed by atoms with van der Waals surface area (Å²) in [6.07, 6.45) is 2.91. The lowest BCUT2D eigenvalue weighted by atomic mass is 10.1. The maximum Gasteiger partial charge on any atom is 0.315 e. The monoisotopic (exact) mass is 278 g/mol. The van der Waals surface area contributed by atoms with Crippen molar-refractivity contribution >= 4 is 22.8 Å². The van der Waals surface area contributed by atoms with Crippen LogP contribution in [0.2, 0.25) is 0 Å². The lowest BCUT2D eigenvalue weighted by molar-refractivity contribution is -0.137. The van der Waals surface area contributed by atoms with Crippen molar-refractivity contribution in [3.63, 3.8) is 0 Å². The molecule has 0 saturated carbocycles. The van der Waals surface area contributed by atoms with E-state index in [0.717, 1.165) is 6.42 Å². The van der Waals surface area contributed by atoms with Gasteiger partial charge in [-0.25, -0.2) is 4.79 Å². The zero-order valence-corrected chi connectivity index (χ0v) is 11.9. The standard InChI is InChI=1S/C11H22N2O4S/c1-4-5-9(6-10(14)15)13-11(16)12-7-8(2)18(3)17/h8-9H,4-7H2,1-3H3,(H,14,15)(H2,12,13,16). The summed E-state index contributed by atoms with van der Waals surface area (Å²) in [5, 5.41) is 13.8. The molecule has 0 aliphatic heterocycles. The molecule has 3 unspecified atom stereocenters. The first kappa shape index (κ1) is 16.9. The Bertz CT molecular complexity index is 309. The molecule has 7 heteroatoms. The van der Waals surface area contributed by atoms with Gasteiger partial charge in [0.05, 0.1) is 6.42 Å².